The van der Waals surface area contributed by atoms with E-state index < -0.39 is 0 Å². The molecule has 0 aliphatic heterocycles. The zero-order valence-corrected chi connectivity index (χ0v) is 9.24. The van der Waals surface area contributed by atoms with Crippen molar-refractivity contribution < 1.29 is 14.3 Å². The van der Waals surface area contributed by atoms with Crippen molar-refractivity contribution in [3.8, 4) is 5.75 Å². The van der Waals surface area contributed by atoms with E-state index in [0.717, 1.165) is 12.1 Å². The summed E-state index contributed by atoms with van der Waals surface area (Å²) in [5, 5.41) is 0. The number of carbonyl (C=O) groups is 1. The number of aromatic nitrogens is 1. The van der Waals surface area contributed by atoms with E-state index in [-0.39, 0.29) is 12.4 Å². The minimum Gasteiger partial charge on any atom is -0.494 e. The summed E-state index contributed by atoms with van der Waals surface area (Å²) in [6.07, 6.45) is 0.789. The molecule has 0 radical (unpaired) electrons. The number of hydrogen-bond acceptors (Lipinski definition) is 4. The van der Waals surface area contributed by atoms with E-state index >= 15 is 0 Å². The van der Waals surface area contributed by atoms with Crippen LogP contribution < -0.4 is 4.74 Å². The highest BCUT2D eigenvalue weighted by Gasteiger charge is 2.14. The number of aryl methyl sites for hydroxylation is 1. The minimum absolute atomic E-state index is 0.0243. The molecule has 0 N–H and O–H groups in total. The standard InChI is InChI=1S/C11H15NO3/c1-4-8-5-6-10(15-3)11(12-8)9(13)7-14-2/h5-6H,4,7H2,1-3H3. The van der Waals surface area contributed by atoms with E-state index in [9.17, 15) is 4.79 Å². The Bertz CT molecular complexity index is 350. The van der Waals surface area contributed by atoms with Gasteiger partial charge in [-0.1, -0.05) is 6.92 Å². The fourth-order valence-corrected chi connectivity index (χ4v) is 1.25. The first-order valence-corrected chi connectivity index (χ1v) is 4.79. The Balaban J connectivity index is 3.05. The van der Waals surface area contributed by atoms with Crippen molar-refractivity contribution in [1.82, 2.24) is 4.98 Å². The Morgan fingerprint density at radius 1 is 1.40 bits per heavy atom. The molecule has 82 valence electrons. The molecule has 1 rings (SSSR count). The monoisotopic (exact) mass is 209 g/mol. The van der Waals surface area contributed by atoms with Crippen molar-refractivity contribution in [2.75, 3.05) is 20.8 Å². The van der Waals surface area contributed by atoms with Gasteiger partial charge in [-0.2, -0.15) is 0 Å². The summed E-state index contributed by atoms with van der Waals surface area (Å²) in [6.45, 7) is 2.01. The largest absolute Gasteiger partial charge is 0.494 e. The number of rotatable bonds is 5. The van der Waals surface area contributed by atoms with Crippen LogP contribution in [-0.4, -0.2) is 31.6 Å². The Kier molecular flexibility index (Phi) is 4.24. The molecule has 0 unspecified atom stereocenters. The molecule has 0 bridgehead atoms. The van der Waals surface area contributed by atoms with E-state index in [2.05, 4.69) is 4.98 Å². The maximum absolute atomic E-state index is 11.6. The van der Waals surface area contributed by atoms with Gasteiger partial charge in [-0.3, -0.25) is 4.79 Å². The van der Waals surface area contributed by atoms with Crippen LogP contribution in [0.3, 0.4) is 0 Å². The minimum atomic E-state index is -0.162. The molecule has 4 nitrogen and oxygen atoms in total. The maximum atomic E-state index is 11.6. The van der Waals surface area contributed by atoms with Gasteiger partial charge >= 0.3 is 0 Å². The molecule has 1 heterocycles. The van der Waals surface area contributed by atoms with Gasteiger partial charge < -0.3 is 9.47 Å². The molecule has 0 fully saturated rings. The average molecular weight is 209 g/mol. The molecule has 0 spiro atoms. The highest BCUT2D eigenvalue weighted by molar-refractivity contribution is 5.97. The third-order valence-corrected chi connectivity index (χ3v) is 2.04. The number of nitrogens with zero attached hydrogens (tertiary/aromatic N) is 1. The quantitative estimate of drug-likeness (QED) is 0.689. The molecule has 0 aliphatic carbocycles. The van der Waals surface area contributed by atoms with Crippen molar-refractivity contribution >= 4 is 5.78 Å². The summed E-state index contributed by atoms with van der Waals surface area (Å²) >= 11 is 0. The zero-order valence-electron chi connectivity index (χ0n) is 9.24. The van der Waals surface area contributed by atoms with Crippen LogP contribution >= 0.6 is 0 Å². The molecule has 0 saturated heterocycles. The smallest absolute Gasteiger partial charge is 0.210 e. The summed E-state index contributed by atoms with van der Waals surface area (Å²) in [6, 6.07) is 3.61. The molecule has 0 atom stereocenters. The van der Waals surface area contributed by atoms with E-state index in [1.165, 1.54) is 14.2 Å². The second-order valence-electron chi connectivity index (χ2n) is 3.06. The van der Waals surface area contributed by atoms with Crippen molar-refractivity contribution in [1.29, 1.82) is 0 Å². The molecule has 1 aromatic rings. The van der Waals surface area contributed by atoms with Gasteiger partial charge in [0.05, 0.1) is 7.11 Å². The van der Waals surface area contributed by atoms with Crippen LogP contribution in [0, 0.1) is 0 Å². The van der Waals surface area contributed by atoms with Gasteiger partial charge in [-0.25, -0.2) is 4.98 Å². The second-order valence-corrected chi connectivity index (χ2v) is 3.06. The highest BCUT2D eigenvalue weighted by Crippen LogP contribution is 2.17. The Labute approximate surface area is 89.2 Å². The fourth-order valence-electron chi connectivity index (χ4n) is 1.25. The summed E-state index contributed by atoms with van der Waals surface area (Å²) < 4.78 is 9.86. The molecule has 0 saturated carbocycles. The summed E-state index contributed by atoms with van der Waals surface area (Å²) in [7, 11) is 3.00. The van der Waals surface area contributed by atoms with Crippen LogP contribution in [0.2, 0.25) is 0 Å². The number of ether oxygens (including phenoxy) is 2. The van der Waals surface area contributed by atoms with Gasteiger partial charge in [-0.15, -0.1) is 0 Å². The number of methoxy groups -OCH3 is 2. The fraction of sp³-hybridized carbons (Fsp3) is 0.455. The van der Waals surface area contributed by atoms with Gasteiger partial charge in [0.1, 0.15) is 12.4 Å². The van der Waals surface area contributed by atoms with Crippen LogP contribution in [0.25, 0.3) is 0 Å². The van der Waals surface area contributed by atoms with Crippen molar-refractivity contribution in [3.05, 3.63) is 23.5 Å². The first-order valence-electron chi connectivity index (χ1n) is 4.79. The topological polar surface area (TPSA) is 48.4 Å². The van der Waals surface area contributed by atoms with Crippen molar-refractivity contribution in [3.63, 3.8) is 0 Å². The third kappa shape index (κ3) is 2.76. The normalized spacial score (nSPS) is 10.1. The van der Waals surface area contributed by atoms with E-state index in [1.807, 2.05) is 13.0 Å². The van der Waals surface area contributed by atoms with Crippen molar-refractivity contribution in [2.24, 2.45) is 0 Å². The number of carbonyl (C=O) groups excluding carboxylic acids is 1. The highest BCUT2D eigenvalue weighted by atomic mass is 16.5. The Morgan fingerprint density at radius 3 is 2.67 bits per heavy atom. The third-order valence-electron chi connectivity index (χ3n) is 2.04. The lowest BCUT2D eigenvalue weighted by Gasteiger charge is -2.07. The molecule has 1 aromatic heterocycles. The number of ketones is 1. The molecular weight excluding hydrogens is 194 g/mol. The van der Waals surface area contributed by atoms with Crippen LogP contribution in [0.1, 0.15) is 23.1 Å². The lowest BCUT2D eigenvalue weighted by atomic mass is 10.2. The lowest BCUT2D eigenvalue weighted by molar-refractivity contribution is 0.0839. The van der Waals surface area contributed by atoms with Gasteiger partial charge in [0.2, 0.25) is 5.78 Å². The first-order chi connectivity index (χ1) is 7.22. The van der Waals surface area contributed by atoms with Gasteiger partial charge in [0.25, 0.3) is 0 Å². The maximum Gasteiger partial charge on any atom is 0.210 e. The van der Waals surface area contributed by atoms with E-state index in [0.29, 0.717) is 11.4 Å². The van der Waals surface area contributed by atoms with Gasteiger partial charge in [0, 0.05) is 12.8 Å². The molecular formula is C11H15NO3. The van der Waals surface area contributed by atoms with E-state index in [1.54, 1.807) is 6.07 Å². The lowest BCUT2D eigenvalue weighted by Crippen LogP contribution is -2.12. The molecule has 0 amide bonds. The molecule has 0 aromatic carbocycles. The predicted octanol–water partition coefficient (Wildman–Crippen LogP) is 1.48. The molecule has 0 aliphatic rings. The predicted molar refractivity (Wildman–Crippen MR) is 56.4 cm³/mol. The number of pyridine rings is 1. The van der Waals surface area contributed by atoms with Crippen molar-refractivity contribution in [2.45, 2.75) is 13.3 Å². The zero-order chi connectivity index (χ0) is 11.3. The van der Waals surface area contributed by atoms with Gasteiger partial charge in [0.15, 0.2) is 5.69 Å². The Hall–Kier alpha value is -1.42. The summed E-state index contributed by atoms with van der Waals surface area (Å²) in [4.78, 5) is 15.9. The summed E-state index contributed by atoms with van der Waals surface area (Å²) in [5.41, 5.74) is 1.22. The van der Waals surface area contributed by atoms with Crippen LogP contribution in [0.15, 0.2) is 12.1 Å². The SMILES string of the molecule is CCc1ccc(OC)c(C(=O)COC)n1. The molecule has 15 heavy (non-hydrogen) atoms. The molecule has 4 heteroatoms. The van der Waals surface area contributed by atoms with E-state index in [4.69, 9.17) is 9.47 Å². The van der Waals surface area contributed by atoms with Crippen LogP contribution in [-0.2, 0) is 11.2 Å². The van der Waals surface area contributed by atoms with Gasteiger partial charge in [-0.05, 0) is 18.6 Å². The van der Waals surface area contributed by atoms with Crippen LogP contribution in [0.4, 0.5) is 0 Å². The number of hydrogen-bond donors (Lipinski definition) is 0. The second kappa shape index (κ2) is 5.46. The van der Waals surface area contributed by atoms with Crippen LogP contribution in [0.5, 0.6) is 5.75 Å². The Morgan fingerprint density at radius 2 is 2.13 bits per heavy atom. The summed E-state index contributed by atoms with van der Waals surface area (Å²) in [5.74, 6) is 0.332. The average Bonchev–Trinajstić information content (AvgIpc) is 2.28. The number of Topliss-reactive ketones (excluding diaryl/α,β-unsaturated/α-hetero) is 1. The first kappa shape index (κ1) is 11.7.